The van der Waals surface area contributed by atoms with Crippen LogP contribution >= 0.6 is 0 Å². The van der Waals surface area contributed by atoms with E-state index in [-0.39, 0.29) is 18.1 Å². The zero-order valence-corrected chi connectivity index (χ0v) is 16.2. The number of hydrogen-bond acceptors (Lipinski definition) is 5. The van der Waals surface area contributed by atoms with Crippen LogP contribution in [0.3, 0.4) is 0 Å². The highest BCUT2D eigenvalue weighted by molar-refractivity contribution is 6.10. The first-order chi connectivity index (χ1) is 13.3. The molecule has 0 amide bonds. The van der Waals surface area contributed by atoms with E-state index in [0.29, 0.717) is 22.4 Å². The first kappa shape index (κ1) is 19.4. The summed E-state index contributed by atoms with van der Waals surface area (Å²) in [6.07, 6.45) is 0.626. The molecule has 7 nitrogen and oxygen atoms in total. The first-order valence-corrected chi connectivity index (χ1v) is 9.02. The minimum Gasteiger partial charge on any atom is -0.462 e. The summed E-state index contributed by atoms with van der Waals surface area (Å²) in [7, 11) is 0. The fourth-order valence-electron chi connectivity index (χ4n) is 3.23. The number of nitrogens with one attached hydrogen (secondary N) is 2. The minimum atomic E-state index is -0.985. The quantitative estimate of drug-likeness (QED) is 0.500. The van der Waals surface area contributed by atoms with Crippen molar-refractivity contribution >= 4 is 28.6 Å². The maximum absolute atomic E-state index is 12.8. The van der Waals surface area contributed by atoms with Crippen LogP contribution in [0.25, 0.3) is 10.9 Å². The normalized spacial score (nSPS) is 12.0. The number of rotatable bonds is 6. The van der Waals surface area contributed by atoms with Crippen LogP contribution in [0.2, 0.25) is 0 Å². The monoisotopic (exact) mass is 382 g/mol. The first-order valence-electron chi connectivity index (χ1n) is 9.02. The number of hydrogen-bond donors (Lipinski definition) is 2. The van der Waals surface area contributed by atoms with Gasteiger partial charge >= 0.3 is 11.9 Å². The van der Waals surface area contributed by atoms with Gasteiger partial charge in [0.05, 0.1) is 12.2 Å². The number of esters is 2. The highest BCUT2D eigenvalue weighted by Gasteiger charge is 2.27. The van der Waals surface area contributed by atoms with Crippen molar-refractivity contribution in [2.75, 3.05) is 6.61 Å². The fourth-order valence-corrected chi connectivity index (χ4v) is 3.23. The fraction of sp³-hybridized carbons (Fsp3) is 0.286. The van der Waals surface area contributed by atoms with Gasteiger partial charge in [0.1, 0.15) is 5.69 Å². The van der Waals surface area contributed by atoms with E-state index >= 15 is 0 Å². The number of H-pyrrole nitrogens is 2. The highest BCUT2D eigenvalue weighted by atomic mass is 16.5. The lowest BCUT2D eigenvalue weighted by molar-refractivity contribution is 0.0313. The molecular weight excluding hydrogens is 360 g/mol. The summed E-state index contributed by atoms with van der Waals surface area (Å²) in [5, 5.41) is 0.770. The molecule has 0 bridgehead atoms. The number of carbonyl (C=O) groups excluding carboxylic acids is 3. The zero-order chi connectivity index (χ0) is 20.4. The van der Waals surface area contributed by atoms with Gasteiger partial charge in [-0.15, -0.1) is 0 Å². The van der Waals surface area contributed by atoms with E-state index in [1.807, 2.05) is 24.3 Å². The molecule has 1 aromatic carbocycles. The summed E-state index contributed by atoms with van der Waals surface area (Å²) in [6, 6.07) is 7.40. The molecule has 2 N–H and O–H groups in total. The molecule has 2 aromatic heterocycles. The van der Waals surface area contributed by atoms with Crippen molar-refractivity contribution < 1.29 is 23.9 Å². The minimum absolute atomic E-state index is 0.138. The molecule has 0 radical (unpaired) electrons. The van der Waals surface area contributed by atoms with E-state index in [2.05, 4.69) is 9.97 Å². The van der Waals surface area contributed by atoms with Crippen molar-refractivity contribution in [3.63, 3.8) is 0 Å². The van der Waals surface area contributed by atoms with Crippen LogP contribution < -0.4 is 0 Å². The van der Waals surface area contributed by atoms with E-state index in [1.165, 1.54) is 6.92 Å². The SMILES string of the molecule is CCOC(=O)c1c(C)[nH]c(C(=O)O[C@H](C)C(=O)c2c[nH]c3ccccc23)c1C. The van der Waals surface area contributed by atoms with Gasteiger partial charge in [-0.1, -0.05) is 18.2 Å². The number of Topliss-reactive ketones (excluding diaryl/α,β-unsaturated/α-hetero) is 1. The summed E-state index contributed by atoms with van der Waals surface area (Å²) in [5.41, 5.74) is 2.69. The van der Waals surface area contributed by atoms with Crippen LogP contribution in [0, 0.1) is 13.8 Å². The molecule has 2 heterocycles. The Morgan fingerprint density at radius 2 is 1.82 bits per heavy atom. The van der Waals surface area contributed by atoms with E-state index in [9.17, 15) is 14.4 Å². The Bertz CT molecular complexity index is 1060. The number of para-hydroxylation sites is 1. The van der Waals surface area contributed by atoms with Gasteiger partial charge in [-0.2, -0.15) is 0 Å². The third-order valence-corrected chi connectivity index (χ3v) is 4.63. The van der Waals surface area contributed by atoms with E-state index in [0.717, 1.165) is 10.9 Å². The summed E-state index contributed by atoms with van der Waals surface area (Å²) < 4.78 is 10.4. The summed E-state index contributed by atoms with van der Waals surface area (Å²) in [6.45, 7) is 6.79. The van der Waals surface area contributed by atoms with E-state index < -0.39 is 18.0 Å². The van der Waals surface area contributed by atoms with Crippen molar-refractivity contribution in [2.45, 2.75) is 33.8 Å². The molecule has 28 heavy (non-hydrogen) atoms. The van der Waals surface area contributed by atoms with Crippen LogP contribution in [0.1, 0.15) is 56.3 Å². The molecule has 0 spiro atoms. The third kappa shape index (κ3) is 3.43. The lowest BCUT2D eigenvalue weighted by Crippen LogP contribution is -2.25. The van der Waals surface area contributed by atoms with Gasteiger partial charge in [-0.25, -0.2) is 9.59 Å². The molecule has 0 aliphatic heterocycles. The Balaban J connectivity index is 1.80. The number of carbonyl (C=O) groups is 3. The second kappa shape index (κ2) is 7.72. The third-order valence-electron chi connectivity index (χ3n) is 4.63. The molecule has 3 rings (SSSR count). The largest absolute Gasteiger partial charge is 0.462 e. The lowest BCUT2D eigenvalue weighted by atomic mass is 10.1. The molecule has 3 aromatic rings. The van der Waals surface area contributed by atoms with Crippen LogP contribution in [0.4, 0.5) is 0 Å². The Morgan fingerprint density at radius 1 is 1.11 bits per heavy atom. The van der Waals surface area contributed by atoms with Crippen molar-refractivity contribution in [2.24, 2.45) is 0 Å². The highest BCUT2D eigenvalue weighted by Crippen LogP contribution is 2.22. The van der Waals surface area contributed by atoms with Gasteiger partial charge < -0.3 is 19.4 Å². The molecule has 7 heteroatoms. The van der Waals surface area contributed by atoms with Crippen LogP contribution in [-0.2, 0) is 9.47 Å². The maximum atomic E-state index is 12.8. The van der Waals surface area contributed by atoms with Gasteiger partial charge in [-0.05, 0) is 39.3 Å². The van der Waals surface area contributed by atoms with Crippen molar-refractivity contribution in [3.05, 3.63) is 58.5 Å². The van der Waals surface area contributed by atoms with Crippen molar-refractivity contribution in [1.29, 1.82) is 0 Å². The Labute approximate surface area is 162 Å². The van der Waals surface area contributed by atoms with E-state index in [1.54, 1.807) is 27.0 Å². The second-order valence-corrected chi connectivity index (χ2v) is 6.51. The number of aromatic nitrogens is 2. The standard InChI is InChI=1S/C21H22N2O5/c1-5-27-20(25)17-11(2)18(23-12(17)3)21(26)28-13(4)19(24)15-10-22-16-9-7-6-8-14(15)16/h6-10,13,22-23H,5H2,1-4H3/t13-/m1/s1. The molecule has 0 aliphatic rings. The summed E-state index contributed by atoms with van der Waals surface area (Å²) in [5.74, 6) is -1.51. The zero-order valence-electron chi connectivity index (χ0n) is 16.2. The summed E-state index contributed by atoms with van der Waals surface area (Å²) in [4.78, 5) is 43.3. The van der Waals surface area contributed by atoms with Crippen molar-refractivity contribution in [1.82, 2.24) is 9.97 Å². The number of aryl methyl sites for hydroxylation is 1. The van der Waals surface area contributed by atoms with Gasteiger partial charge in [0.15, 0.2) is 6.10 Å². The topological polar surface area (TPSA) is 101 Å². The molecule has 0 fully saturated rings. The predicted octanol–water partition coefficient (Wildman–Crippen LogP) is 3.72. The second-order valence-electron chi connectivity index (χ2n) is 6.51. The smallest absolute Gasteiger partial charge is 0.355 e. The van der Waals surface area contributed by atoms with Crippen molar-refractivity contribution in [3.8, 4) is 0 Å². The molecule has 0 saturated carbocycles. The molecule has 0 unspecified atom stereocenters. The average Bonchev–Trinajstić information content (AvgIpc) is 3.22. The predicted molar refractivity (Wildman–Crippen MR) is 104 cm³/mol. The Hall–Kier alpha value is -3.35. The van der Waals surface area contributed by atoms with Gasteiger partial charge in [0.25, 0.3) is 0 Å². The van der Waals surface area contributed by atoms with Crippen LogP contribution in [0.5, 0.6) is 0 Å². The van der Waals surface area contributed by atoms with Gasteiger partial charge in [-0.3, -0.25) is 4.79 Å². The Kier molecular flexibility index (Phi) is 5.35. The van der Waals surface area contributed by atoms with Crippen LogP contribution in [-0.4, -0.2) is 40.4 Å². The molecule has 0 aliphatic carbocycles. The number of fused-ring (bicyclic) bond motifs is 1. The van der Waals surface area contributed by atoms with Gasteiger partial charge in [0, 0.05) is 28.4 Å². The molecule has 146 valence electrons. The van der Waals surface area contributed by atoms with Crippen LogP contribution in [0.15, 0.2) is 30.5 Å². The van der Waals surface area contributed by atoms with E-state index in [4.69, 9.17) is 9.47 Å². The lowest BCUT2D eigenvalue weighted by Gasteiger charge is -2.12. The Morgan fingerprint density at radius 3 is 2.54 bits per heavy atom. The molecular formula is C21H22N2O5. The molecule has 0 saturated heterocycles. The number of benzene rings is 1. The number of aromatic amines is 2. The maximum Gasteiger partial charge on any atom is 0.355 e. The average molecular weight is 382 g/mol. The molecule has 1 atom stereocenters. The number of ketones is 1. The summed E-state index contributed by atoms with van der Waals surface area (Å²) >= 11 is 0. The van der Waals surface area contributed by atoms with Gasteiger partial charge in [0.2, 0.25) is 5.78 Å². The number of ether oxygens (including phenoxy) is 2.